The first kappa shape index (κ1) is 13.7. The van der Waals surface area contributed by atoms with Gasteiger partial charge in [-0.15, -0.1) is 0 Å². The first-order chi connectivity index (χ1) is 9.84. The van der Waals surface area contributed by atoms with Crippen LogP contribution in [0.1, 0.15) is 33.2 Å². The van der Waals surface area contributed by atoms with E-state index in [1.165, 1.54) is 24.3 Å². The summed E-state index contributed by atoms with van der Waals surface area (Å²) in [5.41, 5.74) is 0.692. The first-order valence-electron chi connectivity index (χ1n) is 6.17. The molecular weight excluding hydrogens is 296 g/mol. The van der Waals surface area contributed by atoms with Crippen molar-refractivity contribution in [3.63, 3.8) is 0 Å². The lowest BCUT2D eigenvalue weighted by Crippen LogP contribution is -2.22. The second-order valence-electron chi connectivity index (χ2n) is 4.64. The Labute approximate surface area is 120 Å². The minimum absolute atomic E-state index is 0.113. The van der Waals surface area contributed by atoms with Gasteiger partial charge in [0.1, 0.15) is 4.90 Å². The number of rotatable bonds is 2. The van der Waals surface area contributed by atoms with Crippen LogP contribution in [-0.2, 0) is 21.3 Å². The third-order valence-electron chi connectivity index (χ3n) is 3.47. The number of aryl methyl sites for hydroxylation is 1. The van der Waals surface area contributed by atoms with Crippen LogP contribution >= 0.6 is 0 Å². The second-order valence-corrected chi connectivity index (χ2v) is 6.03. The van der Waals surface area contributed by atoms with Crippen molar-refractivity contribution in [2.45, 2.75) is 18.2 Å². The van der Waals surface area contributed by atoms with E-state index in [0.29, 0.717) is 12.0 Å². The molecule has 0 aliphatic carbocycles. The maximum atomic E-state index is 12.0. The largest absolute Gasteiger partial charge is 0.386 e. The van der Waals surface area contributed by atoms with Gasteiger partial charge in [0.25, 0.3) is 10.1 Å². The number of hydrogen-bond donors (Lipinski definition) is 1. The Morgan fingerprint density at radius 3 is 2.52 bits per heavy atom. The lowest BCUT2D eigenvalue weighted by atomic mass is 9.92. The molecule has 0 amide bonds. The van der Waals surface area contributed by atoms with E-state index < -0.39 is 22.1 Å². The molecule has 1 aliphatic rings. The summed E-state index contributed by atoms with van der Waals surface area (Å²) in [5.74, 6) is -1.63. The molecule has 1 aliphatic heterocycles. The maximum absolute atomic E-state index is 12.0. The quantitative estimate of drug-likeness (QED) is 0.517. The molecule has 3 rings (SSSR count). The highest BCUT2D eigenvalue weighted by atomic mass is 32.2. The molecule has 7 heteroatoms. The van der Waals surface area contributed by atoms with Gasteiger partial charge in [-0.25, -0.2) is 9.59 Å². The molecule has 0 spiro atoms. The zero-order valence-electron chi connectivity index (χ0n) is 10.9. The summed E-state index contributed by atoms with van der Waals surface area (Å²) in [4.78, 5) is 23.4. The number of hydrogen-bond acceptors (Lipinski definition) is 5. The number of carbonyl (C=O) groups is 2. The summed E-state index contributed by atoms with van der Waals surface area (Å²) in [5, 5.41) is 0.345. The fourth-order valence-corrected chi connectivity index (χ4v) is 3.32. The Kier molecular flexibility index (Phi) is 2.86. The number of ether oxygens (including phenoxy) is 1. The highest BCUT2D eigenvalue weighted by Gasteiger charge is 2.32. The van der Waals surface area contributed by atoms with Gasteiger partial charge in [-0.3, -0.25) is 4.55 Å². The Morgan fingerprint density at radius 2 is 1.90 bits per heavy atom. The lowest BCUT2D eigenvalue weighted by Gasteiger charge is -2.19. The molecule has 0 saturated carbocycles. The summed E-state index contributed by atoms with van der Waals surface area (Å²) < 4.78 is 37.2. The standard InChI is InChI=1S/C14H10O6S/c1-2-7-6-10(21(17,18)19)8-4-3-5-9-12(8)11(7)14(16)20-13(9)15/h3-6H,2H2,1H3,(H,17,18,19). The van der Waals surface area contributed by atoms with E-state index in [-0.39, 0.29) is 26.8 Å². The Bertz CT molecular complexity index is 911. The van der Waals surface area contributed by atoms with Crippen LogP contribution in [0.2, 0.25) is 0 Å². The summed E-state index contributed by atoms with van der Waals surface area (Å²) in [6.45, 7) is 1.73. The molecule has 0 radical (unpaired) electrons. The van der Waals surface area contributed by atoms with Crippen LogP contribution in [0.4, 0.5) is 0 Å². The van der Waals surface area contributed by atoms with E-state index in [1.807, 2.05) is 0 Å². The number of benzene rings is 2. The molecular formula is C14H10O6S. The van der Waals surface area contributed by atoms with E-state index in [2.05, 4.69) is 4.74 Å². The number of cyclic esters (lactones) is 2. The van der Waals surface area contributed by atoms with Gasteiger partial charge in [0, 0.05) is 10.8 Å². The number of esters is 2. The van der Waals surface area contributed by atoms with Gasteiger partial charge < -0.3 is 4.74 Å². The summed E-state index contributed by atoms with van der Waals surface area (Å²) >= 11 is 0. The average Bonchev–Trinajstić information content (AvgIpc) is 2.42. The van der Waals surface area contributed by atoms with Crippen LogP contribution in [0.5, 0.6) is 0 Å². The molecule has 108 valence electrons. The minimum Gasteiger partial charge on any atom is -0.386 e. The third-order valence-corrected chi connectivity index (χ3v) is 4.37. The van der Waals surface area contributed by atoms with E-state index in [0.717, 1.165) is 0 Å². The summed E-state index contributed by atoms with van der Waals surface area (Å²) in [7, 11) is -4.48. The molecule has 0 saturated heterocycles. The van der Waals surface area contributed by atoms with E-state index in [1.54, 1.807) is 6.92 Å². The smallest absolute Gasteiger partial charge is 0.346 e. The zero-order valence-corrected chi connectivity index (χ0v) is 11.7. The van der Waals surface area contributed by atoms with Gasteiger partial charge in [0.2, 0.25) is 0 Å². The van der Waals surface area contributed by atoms with Crippen molar-refractivity contribution in [3.05, 3.63) is 41.0 Å². The van der Waals surface area contributed by atoms with Gasteiger partial charge in [-0.2, -0.15) is 8.42 Å². The van der Waals surface area contributed by atoms with Crippen LogP contribution in [0.3, 0.4) is 0 Å². The van der Waals surface area contributed by atoms with Crippen LogP contribution in [-0.4, -0.2) is 24.9 Å². The second kappa shape index (κ2) is 4.37. The minimum atomic E-state index is -4.48. The highest BCUT2D eigenvalue weighted by molar-refractivity contribution is 7.86. The molecule has 0 bridgehead atoms. The molecule has 21 heavy (non-hydrogen) atoms. The molecule has 2 aromatic rings. The van der Waals surface area contributed by atoms with Gasteiger partial charge in [0.05, 0.1) is 11.1 Å². The fraction of sp³-hybridized carbons (Fsp3) is 0.143. The molecule has 0 atom stereocenters. The van der Waals surface area contributed by atoms with E-state index >= 15 is 0 Å². The average molecular weight is 306 g/mol. The van der Waals surface area contributed by atoms with Gasteiger partial charge in [0.15, 0.2) is 0 Å². The van der Waals surface area contributed by atoms with Crippen LogP contribution < -0.4 is 0 Å². The fourth-order valence-electron chi connectivity index (χ4n) is 2.58. The van der Waals surface area contributed by atoms with Crippen molar-refractivity contribution in [3.8, 4) is 0 Å². The molecule has 2 aromatic carbocycles. The van der Waals surface area contributed by atoms with Crippen molar-refractivity contribution in [2.24, 2.45) is 0 Å². The third kappa shape index (κ3) is 1.93. The predicted octanol–water partition coefficient (Wildman–Crippen LogP) is 1.96. The van der Waals surface area contributed by atoms with Gasteiger partial charge >= 0.3 is 11.9 Å². The van der Waals surface area contributed by atoms with Crippen molar-refractivity contribution < 1.29 is 27.3 Å². The van der Waals surface area contributed by atoms with Gasteiger partial charge in [-0.05, 0) is 24.1 Å². The van der Waals surface area contributed by atoms with Crippen LogP contribution in [0.15, 0.2) is 29.2 Å². The molecule has 0 unspecified atom stereocenters. The van der Waals surface area contributed by atoms with Crippen molar-refractivity contribution >= 4 is 32.8 Å². The maximum Gasteiger partial charge on any atom is 0.346 e. The monoisotopic (exact) mass is 306 g/mol. The first-order valence-corrected chi connectivity index (χ1v) is 7.61. The Balaban J connectivity index is 2.62. The Hall–Kier alpha value is -2.25. The molecule has 0 fully saturated rings. The predicted molar refractivity (Wildman–Crippen MR) is 72.9 cm³/mol. The number of carbonyl (C=O) groups excluding carboxylic acids is 2. The molecule has 1 N–H and O–H groups in total. The molecule has 0 aromatic heterocycles. The Morgan fingerprint density at radius 1 is 1.19 bits per heavy atom. The van der Waals surface area contributed by atoms with Crippen molar-refractivity contribution in [1.82, 2.24) is 0 Å². The lowest BCUT2D eigenvalue weighted by molar-refractivity contribution is 0.0390. The summed E-state index contributed by atoms with van der Waals surface area (Å²) in [6.07, 6.45) is 0.353. The highest BCUT2D eigenvalue weighted by Crippen LogP contribution is 2.35. The molecule has 6 nitrogen and oxygen atoms in total. The zero-order chi connectivity index (χ0) is 15.4. The van der Waals surface area contributed by atoms with Crippen molar-refractivity contribution in [1.29, 1.82) is 0 Å². The van der Waals surface area contributed by atoms with Crippen LogP contribution in [0, 0.1) is 0 Å². The summed E-state index contributed by atoms with van der Waals surface area (Å²) in [6, 6.07) is 5.61. The van der Waals surface area contributed by atoms with Crippen molar-refractivity contribution in [2.75, 3.05) is 0 Å². The molecule has 1 heterocycles. The van der Waals surface area contributed by atoms with E-state index in [9.17, 15) is 22.6 Å². The van der Waals surface area contributed by atoms with E-state index in [4.69, 9.17) is 0 Å². The topological polar surface area (TPSA) is 97.7 Å². The normalized spacial score (nSPS) is 14.4. The van der Waals surface area contributed by atoms with Crippen LogP contribution in [0.25, 0.3) is 10.8 Å². The SMILES string of the molecule is CCc1cc(S(=O)(=O)O)c2cccc3c2c1C(=O)OC3=O. The van der Waals surface area contributed by atoms with Gasteiger partial charge in [-0.1, -0.05) is 19.1 Å².